The van der Waals surface area contributed by atoms with E-state index in [1.165, 1.54) is 16.0 Å². The molecule has 0 aliphatic carbocycles. The highest BCUT2D eigenvalue weighted by atomic mass is 32.2. The molecular weight excluding hydrogens is 326 g/mol. The Morgan fingerprint density at radius 3 is 2.44 bits per heavy atom. The lowest BCUT2D eigenvalue weighted by Gasteiger charge is -2.18. The highest BCUT2D eigenvalue weighted by molar-refractivity contribution is 7.99. The third-order valence-corrected chi connectivity index (χ3v) is 5.67. The van der Waals surface area contributed by atoms with E-state index in [1.807, 2.05) is 30.0 Å². The average molecular weight is 345 g/mol. The minimum Gasteiger partial charge on any atom is -0.496 e. The van der Waals surface area contributed by atoms with Crippen molar-refractivity contribution in [1.82, 2.24) is 0 Å². The Hall–Kier alpha value is -2.52. The van der Waals surface area contributed by atoms with Crippen LogP contribution >= 0.6 is 11.8 Å². The number of hydrogen-bond acceptors (Lipinski definition) is 3. The number of methoxy groups -OCH3 is 1. The van der Waals surface area contributed by atoms with Crippen molar-refractivity contribution in [3.05, 3.63) is 90.0 Å². The average Bonchev–Trinajstić information content (AvgIpc) is 2.88. The molecule has 1 aliphatic heterocycles. The second kappa shape index (κ2) is 7.16. The molecule has 0 amide bonds. The van der Waals surface area contributed by atoms with Crippen molar-refractivity contribution in [3.8, 4) is 5.75 Å². The number of nitrogens with zero attached hydrogens (tertiary/aromatic N) is 1. The number of benzene rings is 3. The summed E-state index contributed by atoms with van der Waals surface area (Å²) in [5.74, 6) is 0.937. The highest BCUT2D eigenvalue weighted by Gasteiger charge is 2.24. The van der Waals surface area contributed by atoms with E-state index in [9.17, 15) is 0 Å². The van der Waals surface area contributed by atoms with Gasteiger partial charge in [0.25, 0.3) is 0 Å². The van der Waals surface area contributed by atoms with Crippen LogP contribution < -0.4 is 4.74 Å². The van der Waals surface area contributed by atoms with Crippen LogP contribution in [0.25, 0.3) is 0 Å². The first-order valence-electron chi connectivity index (χ1n) is 8.37. The Morgan fingerprint density at radius 2 is 1.60 bits per heavy atom. The summed E-state index contributed by atoms with van der Waals surface area (Å²) in [6.07, 6.45) is 0.865. The zero-order chi connectivity index (χ0) is 17.1. The predicted octanol–water partition coefficient (Wildman–Crippen LogP) is 6.05. The summed E-state index contributed by atoms with van der Waals surface area (Å²) in [5, 5.41) is 0.263. The lowest BCUT2D eigenvalue weighted by atomic mass is 10.0. The van der Waals surface area contributed by atoms with E-state index in [2.05, 4.69) is 60.7 Å². The smallest absolute Gasteiger partial charge is 0.123 e. The van der Waals surface area contributed by atoms with Crippen LogP contribution in [0.5, 0.6) is 5.75 Å². The van der Waals surface area contributed by atoms with Crippen molar-refractivity contribution < 1.29 is 4.74 Å². The standard InChI is InChI=1S/C22H19NOS/c1-24-20-13-7-5-11-17(20)22-15-19(16-9-3-2-4-10-16)23-18-12-6-8-14-21(18)25-22/h2-14,22H,15H2,1H3/t22-/m0/s1. The predicted molar refractivity (Wildman–Crippen MR) is 105 cm³/mol. The third-order valence-electron chi connectivity index (χ3n) is 4.36. The van der Waals surface area contributed by atoms with Crippen molar-refractivity contribution in [2.45, 2.75) is 16.6 Å². The summed E-state index contributed by atoms with van der Waals surface area (Å²) < 4.78 is 5.62. The van der Waals surface area contributed by atoms with Crippen LogP contribution in [-0.2, 0) is 0 Å². The summed E-state index contributed by atoms with van der Waals surface area (Å²) in [7, 11) is 1.74. The van der Waals surface area contributed by atoms with Crippen LogP contribution in [0.2, 0.25) is 0 Å². The summed E-state index contributed by atoms with van der Waals surface area (Å²) in [6.45, 7) is 0. The maximum absolute atomic E-state index is 5.62. The topological polar surface area (TPSA) is 21.6 Å². The lowest BCUT2D eigenvalue weighted by Crippen LogP contribution is -2.06. The molecule has 0 unspecified atom stereocenters. The molecule has 4 rings (SSSR count). The first kappa shape index (κ1) is 16.0. The number of thioether (sulfide) groups is 1. The minimum atomic E-state index is 0.263. The van der Waals surface area contributed by atoms with E-state index in [1.54, 1.807) is 7.11 Å². The van der Waals surface area contributed by atoms with Gasteiger partial charge in [-0.15, -0.1) is 11.8 Å². The van der Waals surface area contributed by atoms with Crippen molar-refractivity contribution in [3.63, 3.8) is 0 Å². The molecule has 3 aromatic rings. The van der Waals surface area contributed by atoms with Crippen molar-refractivity contribution in [2.24, 2.45) is 4.99 Å². The van der Waals surface area contributed by atoms with Crippen LogP contribution in [0.1, 0.15) is 22.8 Å². The quantitative estimate of drug-likeness (QED) is 0.576. The van der Waals surface area contributed by atoms with Crippen LogP contribution in [0, 0.1) is 0 Å². The number of fused-ring (bicyclic) bond motifs is 1. The van der Waals surface area contributed by atoms with Crippen LogP contribution in [0.15, 0.2) is 88.8 Å². The lowest BCUT2D eigenvalue weighted by molar-refractivity contribution is 0.409. The molecule has 0 N–H and O–H groups in total. The molecule has 124 valence electrons. The molecule has 0 radical (unpaired) electrons. The number of rotatable bonds is 3. The van der Waals surface area contributed by atoms with Crippen molar-refractivity contribution in [2.75, 3.05) is 7.11 Å². The van der Waals surface area contributed by atoms with E-state index in [4.69, 9.17) is 9.73 Å². The molecule has 0 saturated heterocycles. The zero-order valence-corrected chi connectivity index (χ0v) is 14.9. The Labute approximate surface area is 152 Å². The van der Waals surface area contributed by atoms with Gasteiger partial charge >= 0.3 is 0 Å². The maximum atomic E-state index is 5.62. The van der Waals surface area contributed by atoms with Gasteiger partial charge in [-0.05, 0) is 23.8 Å². The summed E-state index contributed by atoms with van der Waals surface area (Å²) in [6, 6.07) is 27.1. The molecule has 0 fully saturated rings. The number of para-hydroxylation sites is 2. The Bertz CT molecular complexity index is 905. The molecular formula is C22H19NOS. The molecule has 3 aromatic carbocycles. The SMILES string of the molecule is COc1ccccc1[C@@H]1CC(c2ccccc2)=Nc2ccccc2S1. The Kier molecular flexibility index (Phi) is 4.57. The van der Waals surface area contributed by atoms with Gasteiger partial charge in [-0.2, -0.15) is 0 Å². The number of aliphatic imine (C=N–C) groups is 1. The monoisotopic (exact) mass is 345 g/mol. The van der Waals surface area contributed by atoms with E-state index in [-0.39, 0.29) is 5.25 Å². The Morgan fingerprint density at radius 1 is 0.880 bits per heavy atom. The van der Waals surface area contributed by atoms with Gasteiger partial charge in [-0.25, -0.2) is 0 Å². The third kappa shape index (κ3) is 3.33. The zero-order valence-electron chi connectivity index (χ0n) is 14.1. The van der Waals surface area contributed by atoms with Gasteiger partial charge in [-0.3, -0.25) is 4.99 Å². The molecule has 1 heterocycles. The second-order valence-corrected chi connectivity index (χ2v) is 7.19. The van der Waals surface area contributed by atoms with Gasteiger partial charge in [0.2, 0.25) is 0 Å². The summed E-state index contributed by atoms with van der Waals surface area (Å²) in [5.41, 5.74) is 4.56. The molecule has 1 aliphatic rings. The fourth-order valence-electron chi connectivity index (χ4n) is 3.13. The van der Waals surface area contributed by atoms with Crippen LogP contribution in [0.3, 0.4) is 0 Å². The molecule has 1 atom stereocenters. The molecule has 2 nitrogen and oxygen atoms in total. The van der Waals surface area contributed by atoms with E-state index in [0.717, 1.165) is 23.6 Å². The maximum Gasteiger partial charge on any atom is 0.123 e. The van der Waals surface area contributed by atoms with Gasteiger partial charge in [-0.1, -0.05) is 60.7 Å². The first-order chi connectivity index (χ1) is 12.3. The van der Waals surface area contributed by atoms with Crippen molar-refractivity contribution >= 4 is 23.2 Å². The fourth-order valence-corrected chi connectivity index (χ4v) is 4.39. The van der Waals surface area contributed by atoms with Gasteiger partial charge in [0, 0.05) is 27.8 Å². The first-order valence-corrected chi connectivity index (χ1v) is 9.24. The highest BCUT2D eigenvalue weighted by Crippen LogP contribution is 2.47. The van der Waals surface area contributed by atoms with Gasteiger partial charge in [0.05, 0.1) is 12.8 Å². The van der Waals surface area contributed by atoms with Crippen molar-refractivity contribution in [1.29, 1.82) is 0 Å². The normalized spacial score (nSPS) is 16.5. The van der Waals surface area contributed by atoms with Crippen LogP contribution in [0.4, 0.5) is 5.69 Å². The Balaban J connectivity index is 1.82. The largest absolute Gasteiger partial charge is 0.496 e. The summed E-state index contributed by atoms with van der Waals surface area (Å²) in [4.78, 5) is 6.21. The van der Waals surface area contributed by atoms with Gasteiger partial charge in [0.15, 0.2) is 0 Å². The van der Waals surface area contributed by atoms with E-state index >= 15 is 0 Å². The summed E-state index contributed by atoms with van der Waals surface area (Å²) >= 11 is 1.86. The number of hydrogen-bond donors (Lipinski definition) is 0. The van der Waals surface area contributed by atoms with Gasteiger partial charge in [0.1, 0.15) is 5.75 Å². The molecule has 3 heteroatoms. The molecule has 0 saturated carbocycles. The molecule has 0 spiro atoms. The molecule has 0 aromatic heterocycles. The van der Waals surface area contributed by atoms with E-state index in [0.29, 0.717) is 0 Å². The molecule has 25 heavy (non-hydrogen) atoms. The molecule has 0 bridgehead atoms. The second-order valence-electron chi connectivity index (χ2n) is 5.94. The fraction of sp³-hybridized carbons (Fsp3) is 0.136. The van der Waals surface area contributed by atoms with E-state index < -0.39 is 0 Å². The number of ether oxygens (including phenoxy) is 1. The van der Waals surface area contributed by atoms with Gasteiger partial charge < -0.3 is 4.74 Å². The van der Waals surface area contributed by atoms with Crippen LogP contribution in [-0.4, -0.2) is 12.8 Å². The minimum absolute atomic E-state index is 0.263.